The lowest BCUT2D eigenvalue weighted by molar-refractivity contribution is -0.129. The summed E-state index contributed by atoms with van der Waals surface area (Å²) in [4.78, 5) is 11.4. The van der Waals surface area contributed by atoms with Gasteiger partial charge in [-0.3, -0.25) is 0 Å². The molecule has 0 saturated carbocycles. The predicted molar refractivity (Wildman–Crippen MR) is 60.3 cm³/mol. The van der Waals surface area contributed by atoms with E-state index in [1.165, 1.54) is 5.20 Å². The summed E-state index contributed by atoms with van der Waals surface area (Å²) in [7, 11) is -1.85. The maximum Gasteiger partial charge on any atom is 0.320 e. The fourth-order valence-corrected chi connectivity index (χ4v) is 4.38. The summed E-state index contributed by atoms with van der Waals surface area (Å²) < 4.78 is 5.40. The Morgan fingerprint density at radius 3 is 2.57 bits per heavy atom. The standard InChI is InChI=1S/C11H18O2Si/c1-5-6-7-8-10-9(2)11(12)13-14(10,3)4/h5H,1,6-8H2,2-4H3. The highest BCUT2D eigenvalue weighted by Crippen LogP contribution is 2.32. The second kappa shape index (κ2) is 4.13. The summed E-state index contributed by atoms with van der Waals surface area (Å²) in [6.07, 6.45) is 4.99. The number of rotatable bonds is 4. The molecule has 3 heteroatoms. The van der Waals surface area contributed by atoms with Crippen LogP contribution in [0.15, 0.2) is 23.4 Å². The second-order valence-electron chi connectivity index (χ2n) is 4.18. The Balaban J connectivity index is 2.72. The van der Waals surface area contributed by atoms with Gasteiger partial charge in [-0.15, -0.1) is 6.58 Å². The van der Waals surface area contributed by atoms with Crippen LogP contribution in [0.5, 0.6) is 0 Å². The first-order chi connectivity index (χ1) is 6.49. The minimum Gasteiger partial charge on any atom is -0.512 e. The molecule has 0 unspecified atom stereocenters. The SMILES string of the molecule is C=CCCCC1=C(C)C(=O)O[Si]1(C)C. The summed E-state index contributed by atoms with van der Waals surface area (Å²) in [5, 5.41) is 1.28. The van der Waals surface area contributed by atoms with E-state index < -0.39 is 8.32 Å². The van der Waals surface area contributed by atoms with Gasteiger partial charge in [0.15, 0.2) is 0 Å². The minimum absolute atomic E-state index is 0.102. The quantitative estimate of drug-likeness (QED) is 0.405. The fraction of sp³-hybridized carbons (Fsp3) is 0.545. The van der Waals surface area contributed by atoms with Gasteiger partial charge in [-0.05, 0) is 44.5 Å². The van der Waals surface area contributed by atoms with Crippen molar-refractivity contribution in [1.82, 2.24) is 0 Å². The van der Waals surface area contributed by atoms with Crippen LogP contribution in [0.3, 0.4) is 0 Å². The summed E-state index contributed by atoms with van der Waals surface area (Å²) in [5.74, 6) is -0.102. The molecule has 1 heterocycles. The lowest BCUT2D eigenvalue weighted by Gasteiger charge is -2.17. The van der Waals surface area contributed by atoms with Gasteiger partial charge in [-0.25, -0.2) is 4.79 Å². The topological polar surface area (TPSA) is 26.3 Å². The average Bonchev–Trinajstić information content (AvgIpc) is 2.27. The molecular formula is C11H18O2Si. The Morgan fingerprint density at radius 2 is 2.14 bits per heavy atom. The van der Waals surface area contributed by atoms with E-state index in [2.05, 4.69) is 19.7 Å². The van der Waals surface area contributed by atoms with Crippen LogP contribution in [-0.4, -0.2) is 14.3 Å². The molecule has 0 spiro atoms. The van der Waals surface area contributed by atoms with Crippen LogP contribution in [-0.2, 0) is 9.22 Å². The third-order valence-electron chi connectivity index (χ3n) is 2.67. The summed E-state index contributed by atoms with van der Waals surface area (Å²) in [6.45, 7) is 9.75. The van der Waals surface area contributed by atoms with Gasteiger partial charge >= 0.3 is 5.97 Å². The Hall–Kier alpha value is -0.833. The minimum atomic E-state index is -1.85. The first-order valence-corrected chi connectivity index (χ1v) is 7.94. The zero-order valence-electron chi connectivity index (χ0n) is 9.22. The second-order valence-corrected chi connectivity index (χ2v) is 8.01. The maximum absolute atomic E-state index is 11.4. The number of carbonyl (C=O) groups is 1. The Morgan fingerprint density at radius 1 is 1.50 bits per heavy atom. The van der Waals surface area contributed by atoms with Crippen molar-refractivity contribution in [3.05, 3.63) is 23.4 Å². The van der Waals surface area contributed by atoms with E-state index in [4.69, 9.17) is 4.43 Å². The molecule has 1 aliphatic heterocycles. The highest BCUT2D eigenvalue weighted by atomic mass is 28.4. The summed E-state index contributed by atoms with van der Waals surface area (Å²) >= 11 is 0. The van der Waals surface area contributed by atoms with Crippen molar-refractivity contribution in [2.24, 2.45) is 0 Å². The van der Waals surface area contributed by atoms with Crippen molar-refractivity contribution in [2.75, 3.05) is 0 Å². The van der Waals surface area contributed by atoms with Crippen LogP contribution in [0.25, 0.3) is 0 Å². The first kappa shape index (κ1) is 11.2. The lowest BCUT2D eigenvalue weighted by atomic mass is 10.2. The van der Waals surface area contributed by atoms with Crippen molar-refractivity contribution >= 4 is 14.3 Å². The van der Waals surface area contributed by atoms with Gasteiger partial charge < -0.3 is 4.43 Å². The van der Waals surface area contributed by atoms with Crippen molar-refractivity contribution < 1.29 is 9.22 Å². The normalized spacial score (nSPS) is 19.8. The van der Waals surface area contributed by atoms with Crippen molar-refractivity contribution in [3.63, 3.8) is 0 Å². The first-order valence-electron chi connectivity index (χ1n) is 5.03. The predicted octanol–water partition coefficient (Wildman–Crippen LogP) is 2.96. The molecule has 1 aliphatic rings. The third-order valence-corrected chi connectivity index (χ3v) is 5.44. The lowest BCUT2D eigenvalue weighted by Crippen LogP contribution is -2.29. The van der Waals surface area contributed by atoms with Crippen LogP contribution in [0.1, 0.15) is 26.2 Å². The monoisotopic (exact) mass is 210 g/mol. The molecule has 0 saturated heterocycles. The van der Waals surface area contributed by atoms with Gasteiger partial charge in [0.1, 0.15) is 0 Å². The molecule has 0 aromatic rings. The number of hydrogen-bond donors (Lipinski definition) is 0. The van der Waals surface area contributed by atoms with E-state index in [0.29, 0.717) is 0 Å². The molecule has 0 aromatic heterocycles. The number of carbonyl (C=O) groups excluding carboxylic acids is 1. The molecule has 0 aliphatic carbocycles. The van der Waals surface area contributed by atoms with Gasteiger partial charge in [0, 0.05) is 5.57 Å². The average molecular weight is 210 g/mol. The van der Waals surface area contributed by atoms with Crippen LogP contribution < -0.4 is 0 Å². The smallest absolute Gasteiger partial charge is 0.320 e. The van der Waals surface area contributed by atoms with Crippen molar-refractivity contribution in [3.8, 4) is 0 Å². The summed E-state index contributed by atoms with van der Waals surface area (Å²) in [6, 6.07) is 0. The largest absolute Gasteiger partial charge is 0.512 e. The highest BCUT2D eigenvalue weighted by molar-refractivity contribution is 6.82. The van der Waals surface area contributed by atoms with Gasteiger partial charge in [0.25, 0.3) is 8.32 Å². The molecule has 0 radical (unpaired) electrons. The van der Waals surface area contributed by atoms with Gasteiger partial charge in [-0.2, -0.15) is 0 Å². The van der Waals surface area contributed by atoms with E-state index in [0.717, 1.165) is 24.8 Å². The van der Waals surface area contributed by atoms with Gasteiger partial charge in [-0.1, -0.05) is 6.08 Å². The number of hydrogen-bond acceptors (Lipinski definition) is 2. The van der Waals surface area contributed by atoms with E-state index in [-0.39, 0.29) is 5.97 Å². The molecule has 0 N–H and O–H groups in total. The molecule has 1 rings (SSSR count). The fourth-order valence-electron chi connectivity index (χ4n) is 1.86. The molecule has 78 valence electrons. The zero-order valence-corrected chi connectivity index (χ0v) is 10.2. The van der Waals surface area contributed by atoms with Crippen molar-refractivity contribution in [2.45, 2.75) is 39.3 Å². The van der Waals surface area contributed by atoms with E-state index in [9.17, 15) is 4.79 Å². The zero-order chi connectivity index (χ0) is 10.8. The molecule has 0 aromatic carbocycles. The van der Waals surface area contributed by atoms with Crippen LogP contribution in [0, 0.1) is 0 Å². The van der Waals surface area contributed by atoms with Crippen molar-refractivity contribution in [1.29, 1.82) is 0 Å². The molecular weight excluding hydrogens is 192 g/mol. The van der Waals surface area contributed by atoms with Gasteiger partial charge in [0.05, 0.1) is 0 Å². The van der Waals surface area contributed by atoms with Gasteiger partial charge in [0.2, 0.25) is 0 Å². The van der Waals surface area contributed by atoms with E-state index in [1.807, 2.05) is 13.0 Å². The van der Waals surface area contributed by atoms with Crippen LogP contribution in [0.2, 0.25) is 13.1 Å². The van der Waals surface area contributed by atoms with Crippen LogP contribution >= 0.6 is 0 Å². The molecule has 0 fully saturated rings. The van der Waals surface area contributed by atoms with Crippen LogP contribution in [0.4, 0.5) is 0 Å². The van der Waals surface area contributed by atoms with E-state index >= 15 is 0 Å². The Bertz CT molecular complexity index is 290. The maximum atomic E-state index is 11.4. The molecule has 2 nitrogen and oxygen atoms in total. The van der Waals surface area contributed by atoms with E-state index in [1.54, 1.807) is 0 Å². The third kappa shape index (κ3) is 2.15. The Labute approximate surface area is 86.8 Å². The Kier molecular flexibility index (Phi) is 3.32. The molecule has 0 bridgehead atoms. The molecule has 14 heavy (non-hydrogen) atoms. The highest BCUT2D eigenvalue weighted by Gasteiger charge is 2.40. The molecule has 0 atom stereocenters. The summed E-state index contributed by atoms with van der Waals surface area (Å²) in [5.41, 5.74) is 0.853. The molecule has 0 amide bonds. The number of unbranched alkanes of at least 4 members (excludes halogenated alkanes) is 1. The number of allylic oxidation sites excluding steroid dienone is 2.